The molecular weight excluding hydrogens is 306 g/mol. The highest BCUT2D eigenvalue weighted by Crippen LogP contribution is 2.16. The van der Waals surface area contributed by atoms with Crippen LogP contribution in [0.1, 0.15) is 19.3 Å². The van der Waals surface area contributed by atoms with E-state index in [9.17, 15) is 9.59 Å². The number of carbonyl (C=O) groups excluding carboxylic acids is 2. The van der Waals surface area contributed by atoms with Crippen molar-refractivity contribution in [1.82, 2.24) is 4.90 Å². The maximum absolute atomic E-state index is 12.4. The summed E-state index contributed by atoms with van der Waals surface area (Å²) in [5.41, 5.74) is 0.663. The van der Waals surface area contributed by atoms with Gasteiger partial charge in [-0.15, -0.1) is 0 Å². The summed E-state index contributed by atoms with van der Waals surface area (Å²) in [6, 6.07) is 14.6. The van der Waals surface area contributed by atoms with Crippen molar-refractivity contribution in [2.45, 2.75) is 19.3 Å². The Kier molecular flexibility index (Phi) is 8.07. The van der Waals surface area contributed by atoms with E-state index in [1.807, 2.05) is 24.3 Å². The number of rotatable bonds is 8. The van der Waals surface area contributed by atoms with Crippen LogP contribution >= 0.6 is 0 Å². The number of anilines is 1. The zero-order chi connectivity index (χ0) is 17.8. The van der Waals surface area contributed by atoms with Crippen molar-refractivity contribution in [3.8, 4) is 18.2 Å². The first-order valence-corrected chi connectivity index (χ1v) is 7.38. The average Bonchev–Trinajstić information content (AvgIpc) is 2.60. The first kappa shape index (κ1) is 18.7. The number of para-hydroxylation sites is 1. The Balaban J connectivity index is 2.72. The summed E-state index contributed by atoms with van der Waals surface area (Å²) in [5, 5.41) is 26.1. The molecule has 2 amide bonds. The van der Waals surface area contributed by atoms with Gasteiger partial charge in [0, 0.05) is 25.1 Å². The molecule has 0 atom stereocenters. The molecule has 0 N–H and O–H groups in total. The van der Waals surface area contributed by atoms with E-state index in [4.69, 9.17) is 15.8 Å². The van der Waals surface area contributed by atoms with Crippen molar-refractivity contribution < 1.29 is 9.59 Å². The van der Waals surface area contributed by atoms with Gasteiger partial charge < -0.3 is 9.80 Å². The highest BCUT2D eigenvalue weighted by molar-refractivity contribution is 5.95. The lowest BCUT2D eigenvalue weighted by atomic mass is 10.2. The second-order valence-electron chi connectivity index (χ2n) is 4.86. The van der Waals surface area contributed by atoms with E-state index in [1.165, 1.54) is 4.90 Å². The van der Waals surface area contributed by atoms with Crippen LogP contribution in [0.2, 0.25) is 0 Å². The number of hydrogen-bond acceptors (Lipinski definition) is 5. The van der Waals surface area contributed by atoms with Crippen molar-refractivity contribution in [1.29, 1.82) is 15.8 Å². The van der Waals surface area contributed by atoms with Gasteiger partial charge in [0.2, 0.25) is 11.8 Å². The van der Waals surface area contributed by atoms with E-state index in [-0.39, 0.29) is 44.8 Å². The van der Waals surface area contributed by atoms with Gasteiger partial charge in [0.1, 0.15) is 13.1 Å². The topological polar surface area (TPSA) is 112 Å². The lowest BCUT2D eigenvalue weighted by molar-refractivity contribution is -0.132. The van der Waals surface area contributed by atoms with Crippen molar-refractivity contribution in [3.05, 3.63) is 30.3 Å². The fourth-order valence-electron chi connectivity index (χ4n) is 2.08. The van der Waals surface area contributed by atoms with Gasteiger partial charge in [-0.25, -0.2) is 0 Å². The minimum atomic E-state index is -0.417. The van der Waals surface area contributed by atoms with Crippen LogP contribution in [0, 0.1) is 34.0 Å². The molecule has 0 aromatic heterocycles. The van der Waals surface area contributed by atoms with Crippen LogP contribution in [0.5, 0.6) is 0 Å². The van der Waals surface area contributed by atoms with Crippen LogP contribution in [0.4, 0.5) is 5.69 Å². The van der Waals surface area contributed by atoms with Crippen molar-refractivity contribution in [2.24, 2.45) is 0 Å². The molecule has 0 bridgehead atoms. The van der Waals surface area contributed by atoms with Crippen molar-refractivity contribution >= 4 is 17.5 Å². The highest BCUT2D eigenvalue weighted by atomic mass is 16.2. The largest absolute Gasteiger partial charge is 0.316 e. The van der Waals surface area contributed by atoms with E-state index in [1.54, 1.807) is 24.3 Å². The fraction of sp³-hybridized carbons (Fsp3) is 0.353. The van der Waals surface area contributed by atoms with Crippen LogP contribution < -0.4 is 4.90 Å². The first-order chi connectivity index (χ1) is 11.6. The van der Waals surface area contributed by atoms with Gasteiger partial charge in [0.05, 0.1) is 24.6 Å². The minimum absolute atomic E-state index is 0.0491. The Morgan fingerprint density at radius 3 is 2.00 bits per heavy atom. The lowest BCUT2D eigenvalue weighted by Gasteiger charge is -2.22. The summed E-state index contributed by atoms with van der Waals surface area (Å²) < 4.78 is 0. The molecule has 1 aromatic rings. The van der Waals surface area contributed by atoms with E-state index < -0.39 is 5.91 Å². The zero-order valence-electron chi connectivity index (χ0n) is 13.2. The quantitative estimate of drug-likeness (QED) is 0.674. The Morgan fingerprint density at radius 1 is 0.875 bits per heavy atom. The smallest absolute Gasteiger partial charge is 0.227 e. The number of nitriles is 3. The number of benzene rings is 1. The molecule has 7 heteroatoms. The number of carbonyl (C=O) groups is 2. The van der Waals surface area contributed by atoms with Crippen molar-refractivity contribution in [2.75, 3.05) is 24.5 Å². The Morgan fingerprint density at radius 2 is 1.46 bits per heavy atom. The molecule has 0 saturated heterocycles. The van der Waals surface area contributed by atoms with Crippen LogP contribution in [0.15, 0.2) is 30.3 Å². The predicted molar refractivity (Wildman–Crippen MR) is 86.1 cm³/mol. The maximum Gasteiger partial charge on any atom is 0.227 e. The maximum atomic E-state index is 12.4. The fourth-order valence-corrected chi connectivity index (χ4v) is 2.08. The van der Waals surface area contributed by atoms with Crippen LogP contribution in [-0.4, -0.2) is 36.3 Å². The minimum Gasteiger partial charge on any atom is -0.316 e. The van der Waals surface area contributed by atoms with E-state index in [2.05, 4.69) is 0 Å². The molecule has 1 rings (SSSR count). The predicted octanol–water partition coefficient (Wildman–Crippen LogP) is 1.59. The summed E-state index contributed by atoms with van der Waals surface area (Å²) in [6.07, 6.45) is 0.0498. The standard InChI is InChI=1S/C17H17N5O2/c18-9-4-12-22(15-5-2-1-3-6-15)17(24)8-7-16(23)21(13-10-19)14-11-20/h1-3,5-6H,4,7-8,12-14H2. The van der Waals surface area contributed by atoms with E-state index in [0.29, 0.717) is 5.69 Å². The molecule has 24 heavy (non-hydrogen) atoms. The molecule has 0 aliphatic carbocycles. The van der Waals surface area contributed by atoms with Gasteiger partial charge in [0.15, 0.2) is 0 Å². The highest BCUT2D eigenvalue weighted by Gasteiger charge is 2.19. The van der Waals surface area contributed by atoms with Gasteiger partial charge in [-0.05, 0) is 12.1 Å². The SMILES string of the molecule is N#CCCN(C(=O)CCC(=O)N(CC#N)CC#N)c1ccccc1. The molecule has 0 fully saturated rings. The Labute approximate surface area is 140 Å². The number of amides is 2. The molecule has 0 saturated carbocycles. The third kappa shape index (κ3) is 5.79. The van der Waals surface area contributed by atoms with Gasteiger partial charge in [-0.1, -0.05) is 18.2 Å². The number of nitrogens with zero attached hydrogens (tertiary/aromatic N) is 5. The summed E-state index contributed by atoms with van der Waals surface area (Å²) in [6.45, 7) is -0.123. The molecule has 0 heterocycles. The molecule has 0 unspecified atom stereocenters. The van der Waals surface area contributed by atoms with Gasteiger partial charge in [-0.3, -0.25) is 9.59 Å². The normalized spacial score (nSPS) is 9.21. The third-order valence-corrected chi connectivity index (χ3v) is 3.24. The Hall–Kier alpha value is -3.37. The first-order valence-electron chi connectivity index (χ1n) is 7.38. The summed E-state index contributed by atoms with van der Waals surface area (Å²) >= 11 is 0. The van der Waals surface area contributed by atoms with Gasteiger partial charge in [-0.2, -0.15) is 15.8 Å². The molecule has 0 radical (unpaired) electrons. The molecule has 0 aliphatic heterocycles. The van der Waals surface area contributed by atoms with Crippen LogP contribution in [0.25, 0.3) is 0 Å². The number of hydrogen-bond donors (Lipinski definition) is 0. The third-order valence-electron chi connectivity index (χ3n) is 3.24. The molecule has 0 spiro atoms. The van der Waals surface area contributed by atoms with Gasteiger partial charge >= 0.3 is 0 Å². The lowest BCUT2D eigenvalue weighted by Crippen LogP contribution is -2.35. The molecule has 7 nitrogen and oxygen atoms in total. The zero-order valence-corrected chi connectivity index (χ0v) is 13.2. The summed E-state index contributed by atoms with van der Waals surface area (Å²) in [4.78, 5) is 27.0. The molecule has 1 aromatic carbocycles. The van der Waals surface area contributed by atoms with E-state index >= 15 is 0 Å². The molecule has 0 aliphatic rings. The van der Waals surface area contributed by atoms with Crippen molar-refractivity contribution in [3.63, 3.8) is 0 Å². The molecule has 122 valence electrons. The monoisotopic (exact) mass is 323 g/mol. The second kappa shape index (κ2) is 10.4. The average molecular weight is 323 g/mol. The Bertz CT molecular complexity index is 666. The van der Waals surface area contributed by atoms with Crippen LogP contribution in [0.3, 0.4) is 0 Å². The van der Waals surface area contributed by atoms with Crippen LogP contribution in [-0.2, 0) is 9.59 Å². The van der Waals surface area contributed by atoms with E-state index in [0.717, 1.165) is 4.90 Å². The summed E-state index contributed by atoms with van der Waals surface area (Å²) in [5.74, 6) is -0.696. The van der Waals surface area contributed by atoms with Gasteiger partial charge in [0.25, 0.3) is 0 Å². The molecular formula is C17H17N5O2. The second-order valence-corrected chi connectivity index (χ2v) is 4.86. The summed E-state index contributed by atoms with van der Waals surface area (Å²) in [7, 11) is 0.